The van der Waals surface area contributed by atoms with Gasteiger partial charge in [-0.25, -0.2) is 4.98 Å². The summed E-state index contributed by atoms with van der Waals surface area (Å²) in [5.74, 6) is 3.44. The van der Waals surface area contributed by atoms with Crippen molar-refractivity contribution >= 4 is 35.0 Å². The Morgan fingerprint density at radius 2 is 2.03 bits per heavy atom. The largest absolute Gasteiger partial charge is 0.494 e. The maximum atomic E-state index is 6.36. The summed E-state index contributed by atoms with van der Waals surface area (Å²) in [6.45, 7) is 4.41. The minimum Gasteiger partial charge on any atom is -0.494 e. The molecule has 1 fully saturated rings. The average molecular weight is 454 g/mol. The lowest BCUT2D eigenvalue weighted by Gasteiger charge is -2.34. The van der Waals surface area contributed by atoms with E-state index in [0.29, 0.717) is 6.61 Å². The third-order valence-corrected chi connectivity index (χ3v) is 5.84. The number of nitrogens with zero attached hydrogens (tertiary/aromatic N) is 3. The highest BCUT2D eigenvalue weighted by Crippen LogP contribution is 2.27. The number of ether oxygens (including phenoxy) is 2. The first kappa shape index (κ1) is 22.3. The van der Waals surface area contributed by atoms with Crippen LogP contribution in [0.2, 0.25) is 0 Å². The summed E-state index contributed by atoms with van der Waals surface area (Å²) in [4.78, 5) is 11.5. The zero-order valence-electron chi connectivity index (χ0n) is 18.7. The number of piperidine rings is 1. The van der Waals surface area contributed by atoms with Gasteiger partial charge in [-0.2, -0.15) is 0 Å². The van der Waals surface area contributed by atoms with Gasteiger partial charge in [-0.1, -0.05) is 18.0 Å². The molecule has 7 nitrogen and oxygen atoms in total. The van der Waals surface area contributed by atoms with Crippen molar-refractivity contribution in [3.8, 4) is 0 Å². The van der Waals surface area contributed by atoms with Crippen molar-refractivity contribution in [2.75, 3.05) is 40.9 Å². The molecular formula is C24H31N5O2S. The van der Waals surface area contributed by atoms with Gasteiger partial charge in [0.1, 0.15) is 17.7 Å². The lowest BCUT2D eigenvalue weighted by molar-refractivity contribution is 0.0877. The molecule has 32 heavy (non-hydrogen) atoms. The molecule has 2 aliphatic rings. The number of hydrogen-bond donors (Lipinski definition) is 2. The van der Waals surface area contributed by atoms with Crippen molar-refractivity contribution in [1.29, 1.82) is 0 Å². The maximum Gasteiger partial charge on any atom is 0.157 e. The molecule has 170 valence electrons. The van der Waals surface area contributed by atoms with Gasteiger partial charge < -0.3 is 24.4 Å². The Balaban J connectivity index is 1.40. The van der Waals surface area contributed by atoms with E-state index in [2.05, 4.69) is 32.1 Å². The van der Waals surface area contributed by atoms with Crippen molar-refractivity contribution < 1.29 is 9.47 Å². The summed E-state index contributed by atoms with van der Waals surface area (Å²) in [6.07, 6.45) is 13.9. The van der Waals surface area contributed by atoms with Gasteiger partial charge in [0, 0.05) is 30.6 Å². The van der Waals surface area contributed by atoms with E-state index < -0.39 is 0 Å². The number of hydrogen-bond acceptors (Lipinski definition) is 8. The highest BCUT2D eigenvalue weighted by atomic mass is 32.2. The average Bonchev–Trinajstić information content (AvgIpc) is 2.82. The zero-order valence-corrected chi connectivity index (χ0v) is 19.5. The fourth-order valence-corrected chi connectivity index (χ4v) is 4.29. The third kappa shape index (κ3) is 5.88. The Labute approximate surface area is 194 Å². The van der Waals surface area contributed by atoms with Gasteiger partial charge in [-0.05, 0) is 56.5 Å². The van der Waals surface area contributed by atoms with Crippen LogP contribution in [0.5, 0.6) is 0 Å². The maximum absolute atomic E-state index is 6.36. The number of allylic oxidation sites excluding steroid dienone is 3. The number of benzene rings is 1. The molecule has 0 bridgehead atoms. The lowest BCUT2D eigenvalue weighted by Crippen LogP contribution is -2.40. The number of nitrogens with one attached hydrogen (secondary N) is 2. The lowest BCUT2D eigenvalue weighted by atomic mass is 10.1. The van der Waals surface area contributed by atoms with E-state index in [1.165, 1.54) is 0 Å². The van der Waals surface area contributed by atoms with Crippen LogP contribution in [0, 0.1) is 0 Å². The quantitative estimate of drug-likeness (QED) is 0.483. The van der Waals surface area contributed by atoms with Crippen molar-refractivity contribution in [2.45, 2.75) is 38.7 Å². The number of rotatable bonds is 9. The monoisotopic (exact) mass is 453 g/mol. The van der Waals surface area contributed by atoms with E-state index >= 15 is 0 Å². The Morgan fingerprint density at radius 1 is 1.19 bits per heavy atom. The molecule has 0 amide bonds. The van der Waals surface area contributed by atoms with E-state index in [1.54, 1.807) is 18.1 Å². The van der Waals surface area contributed by atoms with Gasteiger partial charge in [0.05, 0.1) is 25.5 Å². The molecule has 1 aliphatic carbocycles. The highest BCUT2D eigenvalue weighted by molar-refractivity contribution is 7.99. The minimum atomic E-state index is 0.104. The number of anilines is 4. The first-order valence-electron chi connectivity index (χ1n) is 11.2. The Bertz CT molecular complexity index is 948. The van der Waals surface area contributed by atoms with Crippen molar-refractivity contribution in [3.05, 3.63) is 60.3 Å². The van der Waals surface area contributed by atoms with Crippen molar-refractivity contribution in [1.82, 2.24) is 9.97 Å². The van der Waals surface area contributed by atoms with Gasteiger partial charge in [-0.3, -0.25) is 4.98 Å². The second-order valence-electron chi connectivity index (χ2n) is 7.76. The first-order chi connectivity index (χ1) is 15.7. The van der Waals surface area contributed by atoms with E-state index in [9.17, 15) is 0 Å². The van der Waals surface area contributed by atoms with Crippen LogP contribution in [-0.2, 0) is 9.47 Å². The molecule has 1 atom stereocenters. The summed E-state index contributed by atoms with van der Waals surface area (Å²) in [6, 6.07) is 8.12. The molecule has 1 unspecified atom stereocenters. The molecule has 1 saturated heterocycles. The topological polar surface area (TPSA) is 71.5 Å². The Morgan fingerprint density at radius 3 is 2.84 bits per heavy atom. The zero-order chi connectivity index (χ0) is 22.2. The van der Waals surface area contributed by atoms with Crippen LogP contribution >= 0.6 is 11.9 Å². The standard InChI is InChI=1S/C24H31N5O2S/c1-3-30-21-8-4-5-9-22(21)31-20-7-6-14-29(17-20)24-16-25-15-23(27-24)26-18-10-12-19(13-11-18)28-32-2/h5,9-13,15-16,20,28H,3-4,6-8,14,17H2,1-2H3,(H,26,27). The van der Waals surface area contributed by atoms with Crippen LogP contribution in [-0.4, -0.2) is 42.0 Å². The van der Waals surface area contributed by atoms with Gasteiger partial charge in [0.25, 0.3) is 0 Å². The summed E-state index contributed by atoms with van der Waals surface area (Å²) in [5, 5.41) is 3.35. The Kier molecular flexibility index (Phi) is 7.77. The van der Waals surface area contributed by atoms with Crippen LogP contribution in [0.15, 0.2) is 60.3 Å². The minimum absolute atomic E-state index is 0.104. The first-order valence-corrected chi connectivity index (χ1v) is 12.4. The van der Waals surface area contributed by atoms with Crippen LogP contribution < -0.4 is 14.9 Å². The molecular weight excluding hydrogens is 422 g/mol. The molecule has 4 rings (SSSR count). The molecule has 0 spiro atoms. The molecule has 8 heteroatoms. The molecule has 2 aromatic rings. The SMILES string of the molecule is CCOC1=C(OC2CCCN(c3cncc(Nc4ccc(NSC)cc4)n3)C2)C=CCC1. The molecule has 2 N–H and O–H groups in total. The molecule has 2 heterocycles. The van der Waals surface area contributed by atoms with Crippen LogP contribution in [0.3, 0.4) is 0 Å². The van der Waals surface area contributed by atoms with Gasteiger partial charge in [-0.15, -0.1) is 0 Å². The van der Waals surface area contributed by atoms with Gasteiger partial charge in [0.15, 0.2) is 11.6 Å². The highest BCUT2D eigenvalue weighted by Gasteiger charge is 2.24. The third-order valence-electron chi connectivity index (χ3n) is 5.40. The van der Waals surface area contributed by atoms with Gasteiger partial charge in [0.2, 0.25) is 0 Å². The normalized spacial score (nSPS) is 18.4. The Hall–Kier alpha value is -2.87. The summed E-state index contributed by atoms with van der Waals surface area (Å²) in [7, 11) is 0. The van der Waals surface area contributed by atoms with E-state index in [1.807, 2.05) is 43.6 Å². The predicted molar refractivity (Wildman–Crippen MR) is 132 cm³/mol. The second kappa shape index (κ2) is 11.1. The molecule has 1 aliphatic heterocycles. The second-order valence-corrected chi connectivity index (χ2v) is 8.37. The van der Waals surface area contributed by atoms with Crippen LogP contribution in [0.25, 0.3) is 0 Å². The molecule has 0 saturated carbocycles. The molecule has 1 aromatic carbocycles. The summed E-state index contributed by atoms with van der Waals surface area (Å²) in [5.41, 5.74) is 2.04. The summed E-state index contributed by atoms with van der Waals surface area (Å²) < 4.78 is 15.4. The van der Waals surface area contributed by atoms with Crippen molar-refractivity contribution in [3.63, 3.8) is 0 Å². The number of aromatic nitrogens is 2. The predicted octanol–water partition coefficient (Wildman–Crippen LogP) is 5.49. The van der Waals surface area contributed by atoms with E-state index in [-0.39, 0.29) is 6.10 Å². The van der Waals surface area contributed by atoms with E-state index in [4.69, 9.17) is 14.5 Å². The van der Waals surface area contributed by atoms with Crippen LogP contribution in [0.1, 0.15) is 32.6 Å². The summed E-state index contributed by atoms with van der Waals surface area (Å²) >= 11 is 1.57. The molecule has 0 radical (unpaired) electrons. The smallest absolute Gasteiger partial charge is 0.157 e. The van der Waals surface area contributed by atoms with Crippen LogP contribution in [0.4, 0.5) is 23.0 Å². The van der Waals surface area contributed by atoms with E-state index in [0.717, 1.165) is 73.3 Å². The fourth-order valence-electron chi connectivity index (χ4n) is 3.92. The van der Waals surface area contributed by atoms with Crippen molar-refractivity contribution in [2.24, 2.45) is 0 Å². The van der Waals surface area contributed by atoms with Gasteiger partial charge >= 0.3 is 0 Å². The fraction of sp³-hybridized carbons (Fsp3) is 0.417. The molecule has 1 aromatic heterocycles.